The molecule has 2 aromatic rings. The number of phenols is 1. The Hall–Kier alpha value is -2.83. The minimum absolute atomic E-state index is 0.0329. The molecule has 2 aromatic carbocycles. The Kier molecular flexibility index (Phi) is 4.97. The number of benzene rings is 2. The highest BCUT2D eigenvalue weighted by Gasteiger charge is 2.45. The number of rotatable bonds is 4. The lowest BCUT2D eigenvalue weighted by Gasteiger charge is -2.24. The average Bonchev–Trinajstić information content (AvgIpc) is 2.88. The lowest BCUT2D eigenvalue weighted by molar-refractivity contribution is -0.140. The van der Waals surface area contributed by atoms with Gasteiger partial charge < -0.3 is 20.2 Å². The van der Waals surface area contributed by atoms with E-state index < -0.39 is 17.7 Å². The topological polar surface area (TPSA) is 98.1 Å². The van der Waals surface area contributed by atoms with Crippen LogP contribution in [0.2, 0.25) is 5.02 Å². The van der Waals surface area contributed by atoms with Gasteiger partial charge in [0.15, 0.2) is 0 Å². The first-order chi connectivity index (χ1) is 12.4. The van der Waals surface area contributed by atoms with Crippen LogP contribution in [-0.2, 0) is 9.59 Å². The molecule has 1 atom stereocenters. The summed E-state index contributed by atoms with van der Waals surface area (Å²) in [5.74, 6) is -1.92. The molecule has 1 amide bonds. The number of Topliss-reactive ketones (excluding diaryl/α,β-unsaturated/α-hetero) is 1. The van der Waals surface area contributed by atoms with E-state index in [9.17, 15) is 24.9 Å². The predicted octanol–water partition coefficient (Wildman–Crippen LogP) is 2.46. The van der Waals surface area contributed by atoms with Crippen LogP contribution in [0, 0.1) is 0 Å². The molecule has 0 bridgehead atoms. The van der Waals surface area contributed by atoms with Gasteiger partial charge in [0.1, 0.15) is 11.5 Å². The van der Waals surface area contributed by atoms with Crippen LogP contribution >= 0.6 is 11.6 Å². The van der Waals surface area contributed by atoms with E-state index in [-0.39, 0.29) is 30.2 Å². The molecule has 6 nitrogen and oxygen atoms in total. The Morgan fingerprint density at radius 3 is 2.23 bits per heavy atom. The van der Waals surface area contributed by atoms with Gasteiger partial charge in [-0.15, -0.1) is 0 Å². The van der Waals surface area contributed by atoms with Crippen molar-refractivity contribution in [3.8, 4) is 5.75 Å². The summed E-state index contributed by atoms with van der Waals surface area (Å²) in [6, 6.07) is 11.3. The van der Waals surface area contributed by atoms with E-state index >= 15 is 0 Å². The van der Waals surface area contributed by atoms with Gasteiger partial charge in [0.05, 0.1) is 18.2 Å². The molecule has 0 radical (unpaired) electrons. The van der Waals surface area contributed by atoms with Gasteiger partial charge in [-0.1, -0.05) is 23.7 Å². The second-order valence-electron chi connectivity index (χ2n) is 5.81. The van der Waals surface area contributed by atoms with E-state index in [0.717, 1.165) is 0 Å². The highest BCUT2D eigenvalue weighted by Crippen LogP contribution is 2.39. The number of likely N-dealkylation sites (tertiary alicyclic amines) is 1. The van der Waals surface area contributed by atoms with Gasteiger partial charge in [-0.05, 0) is 42.0 Å². The van der Waals surface area contributed by atoms with E-state index in [2.05, 4.69) is 0 Å². The molecule has 1 fully saturated rings. The standard InChI is InChI=1S/C19H16ClNO5/c20-13-5-1-12(2-6-13)17(24)15-16(11-3-7-14(23)8-4-11)21(9-10-22)19(26)18(15)25/h1-8,16,22-24H,9-10H2/t16-/m0/s1. The van der Waals surface area contributed by atoms with Crippen molar-refractivity contribution in [2.24, 2.45) is 0 Å². The molecule has 0 unspecified atom stereocenters. The van der Waals surface area contributed by atoms with Crippen molar-refractivity contribution in [1.82, 2.24) is 4.90 Å². The number of amides is 1. The molecule has 0 aromatic heterocycles. The second-order valence-corrected chi connectivity index (χ2v) is 6.25. The minimum atomic E-state index is -0.863. The van der Waals surface area contributed by atoms with Crippen LogP contribution in [0.25, 0.3) is 5.76 Å². The number of carbonyl (C=O) groups is 2. The summed E-state index contributed by atoms with van der Waals surface area (Å²) in [4.78, 5) is 26.2. The third-order valence-electron chi connectivity index (χ3n) is 4.21. The third kappa shape index (κ3) is 3.16. The summed E-state index contributed by atoms with van der Waals surface area (Å²) in [5.41, 5.74) is 0.808. The minimum Gasteiger partial charge on any atom is -0.508 e. The van der Waals surface area contributed by atoms with Crippen LogP contribution < -0.4 is 0 Å². The van der Waals surface area contributed by atoms with Crippen LogP contribution in [0.3, 0.4) is 0 Å². The number of hydrogen-bond acceptors (Lipinski definition) is 5. The number of nitrogens with zero attached hydrogens (tertiary/aromatic N) is 1. The zero-order valence-electron chi connectivity index (χ0n) is 13.6. The van der Waals surface area contributed by atoms with E-state index in [0.29, 0.717) is 16.1 Å². The number of ketones is 1. The van der Waals surface area contributed by atoms with Gasteiger partial charge in [-0.2, -0.15) is 0 Å². The molecular formula is C19H16ClNO5. The van der Waals surface area contributed by atoms with Crippen molar-refractivity contribution in [2.75, 3.05) is 13.2 Å². The molecule has 1 heterocycles. The molecule has 1 aliphatic rings. The fraction of sp³-hybridized carbons (Fsp3) is 0.158. The highest BCUT2D eigenvalue weighted by atomic mass is 35.5. The first-order valence-electron chi connectivity index (χ1n) is 7.88. The van der Waals surface area contributed by atoms with E-state index in [4.69, 9.17) is 11.6 Å². The van der Waals surface area contributed by atoms with Crippen molar-refractivity contribution in [1.29, 1.82) is 0 Å². The molecular weight excluding hydrogens is 358 g/mol. The molecule has 0 spiro atoms. The molecule has 1 saturated heterocycles. The van der Waals surface area contributed by atoms with Crippen LogP contribution in [-0.4, -0.2) is 45.1 Å². The number of β-amino-alcohol motifs (C(OH)–C–C–N with tert-alkyl or cyclic N) is 1. The van der Waals surface area contributed by atoms with Gasteiger partial charge >= 0.3 is 0 Å². The predicted molar refractivity (Wildman–Crippen MR) is 95.7 cm³/mol. The number of halogens is 1. The summed E-state index contributed by atoms with van der Waals surface area (Å²) >= 11 is 5.85. The van der Waals surface area contributed by atoms with Gasteiger partial charge in [0.25, 0.3) is 11.7 Å². The number of carbonyl (C=O) groups excluding carboxylic acids is 2. The van der Waals surface area contributed by atoms with Crippen molar-refractivity contribution >= 4 is 29.1 Å². The monoisotopic (exact) mass is 373 g/mol. The van der Waals surface area contributed by atoms with E-state index in [1.54, 1.807) is 36.4 Å². The van der Waals surface area contributed by atoms with Crippen LogP contribution in [0.4, 0.5) is 0 Å². The fourth-order valence-corrected chi connectivity index (χ4v) is 3.11. The molecule has 1 aliphatic heterocycles. The Labute approximate surface area is 154 Å². The zero-order valence-corrected chi connectivity index (χ0v) is 14.3. The second kappa shape index (κ2) is 7.19. The van der Waals surface area contributed by atoms with Crippen LogP contribution in [0.5, 0.6) is 5.75 Å². The molecule has 7 heteroatoms. The normalized spacial score (nSPS) is 19.2. The number of hydrogen-bond donors (Lipinski definition) is 3. The zero-order chi connectivity index (χ0) is 18.8. The maximum atomic E-state index is 12.6. The Morgan fingerprint density at radius 2 is 1.65 bits per heavy atom. The molecule has 3 N–H and O–H groups in total. The number of phenolic OH excluding ortho intramolecular Hbond substituents is 1. The Balaban J connectivity index is 2.17. The lowest BCUT2D eigenvalue weighted by atomic mass is 9.95. The van der Waals surface area contributed by atoms with Crippen molar-refractivity contribution < 1.29 is 24.9 Å². The molecule has 26 heavy (non-hydrogen) atoms. The number of aliphatic hydroxyl groups excluding tert-OH is 2. The molecule has 3 rings (SSSR count). The third-order valence-corrected chi connectivity index (χ3v) is 4.46. The summed E-state index contributed by atoms with van der Waals surface area (Å²) in [7, 11) is 0. The first kappa shape index (κ1) is 18.0. The van der Waals surface area contributed by atoms with E-state index in [1.165, 1.54) is 17.0 Å². The van der Waals surface area contributed by atoms with Crippen molar-refractivity contribution in [3.63, 3.8) is 0 Å². The first-order valence-corrected chi connectivity index (χ1v) is 8.26. The number of aliphatic hydroxyl groups is 2. The van der Waals surface area contributed by atoms with Gasteiger partial charge in [0, 0.05) is 17.1 Å². The molecule has 0 saturated carbocycles. The van der Waals surface area contributed by atoms with Crippen LogP contribution in [0.15, 0.2) is 54.1 Å². The van der Waals surface area contributed by atoms with Gasteiger partial charge in [-0.25, -0.2) is 0 Å². The molecule has 0 aliphatic carbocycles. The van der Waals surface area contributed by atoms with E-state index in [1.807, 2.05) is 0 Å². The fourth-order valence-electron chi connectivity index (χ4n) is 2.98. The molecule has 134 valence electrons. The lowest BCUT2D eigenvalue weighted by Crippen LogP contribution is -2.32. The SMILES string of the molecule is O=C1C(=O)N(CCO)[C@@H](c2ccc(O)cc2)C1=C(O)c1ccc(Cl)cc1. The Bertz CT molecular complexity index is 874. The summed E-state index contributed by atoms with van der Waals surface area (Å²) in [5, 5.41) is 29.9. The quantitative estimate of drug-likeness (QED) is 0.434. The van der Waals surface area contributed by atoms with Gasteiger partial charge in [0.2, 0.25) is 0 Å². The van der Waals surface area contributed by atoms with Crippen LogP contribution in [0.1, 0.15) is 17.2 Å². The maximum absolute atomic E-state index is 12.6. The average molecular weight is 374 g/mol. The Morgan fingerprint density at radius 1 is 1.04 bits per heavy atom. The summed E-state index contributed by atoms with van der Waals surface area (Å²) in [6.07, 6.45) is 0. The summed E-state index contributed by atoms with van der Waals surface area (Å²) in [6.45, 7) is -0.393. The maximum Gasteiger partial charge on any atom is 0.295 e. The highest BCUT2D eigenvalue weighted by molar-refractivity contribution is 6.46. The largest absolute Gasteiger partial charge is 0.508 e. The number of aromatic hydroxyl groups is 1. The smallest absolute Gasteiger partial charge is 0.295 e. The summed E-state index contributed by atoms with van der Waals surface area (Å²) < 4.78 is 0. The van der Waals surface area contributed by atoms with Crippen molar-refractivity contribution in [3.05, 3.63) is 70.3 Å². The van der Waals surface area contributed by atoms with Crippen molar-refractivity contribution in [2.45, 2.75) is 6.04 Å². The van der Waals surface area contributed by atoms with Gasteiger partial charge in [-0.3, -0.25) is 9.59 Å².